The fraction of sp³-hybridized carbons (Fsp3) is 0.769. The van der Waals surface area contributed by atoms with Gasteiger partial charge in [-0.15, -0.1) is 11.6 Å². The third kappa shape index (κ3) is 4.32. The van der Waals surface area contributed by atoms with E-state index in [1.54, 1.807) is 0 Å². The van der Waals surface area contributed by atoms with Crippen LogP contribution in [0.25, 0.3) is 0 Å². The third-order valence-corrected chi connectivity index (χ3v) is 3.90. The summed E-state index contributed by atoms with van der Waals surface area (Å²) < 4.78 is 1.86. The quantitative estimate of drug-likeness (QED) is 0.647. The molecule has 1 aliphatic rings. The summed E-state index contributed by atoms with van der Waals surface area (Å²) in [5.41, 5.74) is 1.30. The molecule has 0 aromatic carbocycles. The minimum atomic E-state index is 0.411. The zero-order valence-electron chi connectivity index (χ0n) is 10.5. The minimum absolute atomic E-state index is 0.411. The van der Waals surface area contributed by atoms with Gasteiger partial charge in [-0.2, -0.15) is 5.10 Å². The Morgan fingerprint density at radius 2 is 2.41 bits per heavy atom. The Kier molecular flexibility index (Phi) is 4.86. The lowest BCUT2D eigenvalue weighted by molar-refractivity contribution is 0.347. The van der Waals surface area contributed by atoms with Crippen LogP contribution in [0.4, 0.5) is 0 Å². The molecule has 1 aliphatic carbocycles. The third-order valence-electron chi connectivity index (χ3n) is 3.50. The molecule has 2 unspecified atom stereocenters. The monoisotopic (exact) mass is 255 g/mol. The van der Waals surface area contributed by atoms with Crippen molar-refractivity contribution in [1.82, 2.24) is 15.1 Å². The standard InChI is InChI=1S/C13H22ClN3/c1-17-10-12(9-16-17)5-6-15-8-11-3-2-4-13(14)7-11/h9-11,13,15H,2-8H2,1H3. The molecule has 2 atom stereocenters. The van der Waals surface area contributed by atoms with Gasteiger partial charge in [0.2, 0.25) is 0 Å². The van der Waals surface area contributed by atoms with Gasteiger partial charge >= 0.3 is 0 Å². The van der Waals surface area contributed by atoms with Crippen molar-refractivity contribution in [3.8, 4) is 0 Å². The molecule has 0 aliphatic heterocycles. The minimum Gasteiger partial charge on any atom is -0.316 e. The summed E-state index contributed by atoms with van der Waals surface area (Å²) in [5.74, 6) is 0.778. The second-order valence-electron chi connectivity index (χ2n) is 5.11. The van der Waals surface area contributed by atoms with E-state index in [2.05, 4.69) is 16.6 Å². The van der Waals surface area contributed by atoms with Crippen LogP contribution >= 0.6 is 11.6 Å². The molecule has 96 valence electrons. The van der Waals surface area contributed by atoms with Crippen molar-refractivity contribution in [2.24, 2.45) is 13.0 Å². The predicted octanol–water partition coefficient (Wildman–Crippen LogP) is 2.35. The number of nitrogens with one attached hydrogen (secondary N) is 1. The first-order valence-corrected chi connectivity index (χ1v) is 7.00. The SMILES string of the molecule is Cn1cc(CCNCC2CCCC(Cl)C2)cn1. The highest BCUT2D eigenvalue weighted by molar-refractivity contribution is 6.20. The second kappa shape index (κ2) is 6.41. The van der Waals surface area contributed by atoms with Crippen LogP contribution < -0.4 is 5.32 Å². The number of nitrogens with zero attached hydrogens (tertiary/aromatic N) is 2. The fourth-order valence-corrected chi connectivity index (χ4v) is 2.96. The lowest BCUT2D eigenvalue weighted by Crippen LogP contribution is -2.28. The molecule has 1 saturated carbocycles. The summed E-state index contributed by atoms with van der Waals surface area (Å²) >= 11 is 6.18. The Morgan fingerprint density at radius 3 is 3.12 bits per heavy atom. The molecule has 1 fully saturated rings. The van der Waals surface area contributed by atoms with E-state index in [-0.39, 0.29) is 0 Å². The number of aryl methyl sites for hydroxylation is 1. The maximum atomic E-state index is 6.18. The van der Waals surface area contributed by atoms with E-state index in [1.807, 2.05) is 17.9 Å². The van der Waals surface area contributed by atoms with Gasteiger partial charge < -0.3 is 5.32 Å². The molecule has 0 radical (unpaired) electrons. The summed E-state index contributed by atoms with van der Waals surface area (Å²) in [7, 11) is 1.96. The highest BCUT2D eigenvalue weighted by Gasteiger charge is 2.19. The second-order valence-corrected chi connectivity index (χ2v) is 5.72. The van der Waals surface area contributed by atoms with Gasteiger partial charge in [0.05, 0.1) is 6.20 Å². The van der Waals surface area contributed by atoms with E-state index in [4.69, 9.17) is 11.6 Å². The van der Waals surface area contributed by atoms with Gasteiger partial charge in [0.15, 0.2) is 0 Å². The first kappa shape index (κ1) is 12.9. The van der Waals surface area contributed by atoms with Gasteiger partial charge in [0, 0.05) is 18.6 Å². The van der Waals surface area contributed by atoms with Crippen LogP contribution in [0.1, 0.15) is 31.2 Å². The van der Waals surface area contributed by atoms with Crippen molar-refractivity contribution < 1.29 is 0 Å². The zero-order chi connectivity index (χ0) is 12.1. The molecule has 0 bridgehead atoms. The molecule has 0 spiro atoms. The van der Waals surface area contributed by atoms with E-state index in [0.29, 0.717) is 5.38 Å². The van der Waals surface area contributed by atoms with Crippen molar-refractivity contribution in [3.05, 3.63) is 18.0 Å². The summed E-state index contributed by atoms with van der Waals surface area (Å²) in [6.07, 6.45) is 10.1. The largest absolute Gasteiger partial charge is 0.316 e. The van der Waals surface area contributed by atoms with Crippen LogP contribution in [0, 0.1) is 5.92 Å². The molecule has 1 N–H and O–H groups in total. The summed E-state index contributed by atoms with van der Waals surface area (Å²) in [6.45, 7) is 2.15. The Bertz CT molecular complexity index is 337. The number of hydrogen-bond donors (Lipinski definition) is 1. The molecule has 0 amide bonds. The average molecular weight is 256 g/mol. The van der Waals surface area contributed by atoms with Crippen LogP contribution in [0.3, 0.4) is 0 Å². The van der Waals surface area contributed by atoms with Gasteiger partial charge in [-0.05, 0) is 50.3 Å². The van der Waals surface area contributed by atoms with Gasteiger partial charge in [-0.25, -0.2) is 0 Å². The lowest BCUT2D eigenvalue weighted by Gasteiger charge is -2.25. The molecule has 2 rings (SSSR count). The highest BCUT2D eigenvalue weighted by atomic mass is 35.5. The Labute approximate surface area is 109 Å². The van der Waals surface area contributed by atoms with Crippen LogP contribution in [0.15, 0.2) is 12.4 Å². The van der Waals surface area contributed by atoms with Crippen molar-refractivity contribution in [2.75, 3.05) is 13.1 Å². The van der Waals surface area contributed by atoms with E-state index in [0.717, 1.165) is 25.4 Å². The molecule has 1 aromatic heterocycles. The fourth-order valence-electron chi connectivity index (χ4n) is 2.55. The van der Waals surface area contributed by atoms with Gasteiger partial charge in [0.1, 0.15) is 0 Å². The lowest BCUT2D eigenvalue weighted by atomic mass is 9.89. The van der Waals surface area contributed by atoms with Crippen LogP contribution in [-0.4, -0.2) is 28.2 Å². The predicted molar refractivity (Wildman–Crippen MR) is 71.4 cm³/mol. The Balaban J connectivity index is 1.59. The molecule has 1 heterocycles. The Morgan fingerprint density at radius 1 is 1.53 bits per heavy atom. The van der Waals surface area contributed by atoms with E-state index < -0.39 is 0 Å². The van der Waals surface area contributed by atoms with Crippen LogP contribution in [0.5, 0.6) is 0 Å². The van der Waals surface area contributed by atoms with Gasteiger partial charge in [0.25, 0.3) is 0 Å². The van der Waals surface area contributed by atoms with Crippen LogP contribution in [-0.2, 0) is 13.5 Å². The topological polar surface area (TPSA) is 29.9 Å². The molecule has 17 heavy (non-hydrogen) atoms. The first-order chi connectivity index (χ1) is 8.24. The number of alkyl halides is 1. The number of halogens is 1. The number of hydrogen-bond acceptors (Lipinski definition) is 2. The molecule has 1 aromatic rings. The van der Waals surface area contributed by atoms with Crippen molar-refractivity contribution in [3.63, 3.8) is 0 Å². The maximum absolute atomic E-state index is 6.18. The Hall–Kier alpha value is -0.540. The summed E-state index contributed by atoms with van der Waals surface area (Å²) in [5, 5.41) is 8.12. The summed E-state index contributed by atoms with van der Waals surface area (Å²) in [6, 6.07) is 0. The van der Waals surface area contributed by atoms with Crippen molar-refractivity contribution in [1.29, 1.82) is 0 Å². The molecule has 0 saturated heterocycles. The first-order valence-electron chi connectivity index (χ1n) is 6.56. The van der Waals surface area contributed by atoms with Crippen molar-refractivity contribution >= 4 is 11.6 Å². The zero-order valence-corrected chi connectivity index (χ0v) is 11.3. The highest BCUT2D eigenvalue weighted by Crippen LogP contribution is 2.27. The normalized spacial score (nSPS) is 25.1. The summed E-state index contributed by atoms with van der Waals surface area (Å²) in [4.78, 5) is 0. The van der Waals surface area contributed by atoms with E-state index in [9.17, 15) is 0 Å². The smallest absolute Gasteiger partial charge is 0.0522 e. The number of rotatable bonds is 5. The van der Waals surface area contributed by atoms with Crippen molar-refractivity contribution in [2.45, 2.75) is 37.5 Å². The molecular weight excluding hydrogens is 234 g/mol. The molecular formula is C13H22ClN3. The molecule has 4 heteroatoms. The average Bonchev–Trinajstić information content (AvgIpc) is 2.71. The maximum Gasteiger partial charge on any atom is 0.0522 e. The van der Waals surface area contributed by atoms with Gasteiger partial charge in [-0.1, -0.05) is 6.42 Å². The number of aromatic nitrogens is 2. The molecule has 3 nitrogen and oxygen atoms in total. The van der Waals surface area contributed by atoms with Crippen LogP contribution in [0.2, 0.25) is 0 Å². The van der Waals surface area contributed by atoms with E-state index in [1.165, 1.54) is 31.2 Å². The van der Waals surface area contributed by atoms with E-state index >= 15 is 0 Å². The van der Waals surface area contributed by atoms with Gasteiger partial charge in [-0.3, -0.25) is 4.68 Å².